The number of aliphatic hydroxyl groups is 1. The van der Waals surface area contributed by atoms with E-state index in [-0.39, 0.29) is 13.2 Å². The molecule has 0 saturated carbocycles. The molecule has 1 atom stereocenters. The van der Waals surface area contributed by atoms with E-state index in [4.69, 9.17) is 4.74 Å². The Bertz CT molecular complexity index is 460. The van der Waals surface area contributed by atoms with Crippen molar-refractivity contribution in [1.82, 2.24) is 14.9 Å². The molecule has 0 aliphatic rings. The van der Waals surface area contributed by atoms with Crippen molar-refractivity contribution in [2.45, 2.75) is 38.7 Å². The fraction of sp³-hybridized carbons (Fsp3) is 0.615. The molecule has 0 aliphatic heterocycles. The molecule has 1 unspecified atom stereocenters. The molecule has 1 aromatic heterocycles. The number of nitrogens with zero attached hydrogens (tertiary/aromatic N) is 2. The van der Waals surface area contributed by atoms with Crippen LogP contribution < -0.4 is 5.32 Å². The first-order valence-electron chi connectivity index (χ1n) is 6.62. The first-order chi connectivity index (χ1) is 9.84. The minimum atomic E-state index is -4.79. The second-order valence-corrected chi connectivity index (χ2v) is 4.45. The Morgan fingerprint density at radius 3 is 2.71 bits per heavy atom. The fourth-order valence-corrected chi connectivity index (χ4v) is 1.67. The molecule has 0 saturated heterocycles. The second kappa shape index (κ2) is 7.46. The van der Waals surface area contributed by atoms with E-state index in [2.05, 4.69) is 10.3 Å². The van der Waals surface area contributed by atoms with Gasteiger partial charge in [0.15, 0.2) is 5.60 Å². The molecular formula is C13H20F3N3O2. The molecule has 0 fully saturated rings. The zero-order chi connectivity index (χ0) is 15.9. The number of hydrogen-bond acceptors (Lipinski definition) is 4. The summed E-state index contributed by atoms with van der Waals surface area (Å²) in [6.45, 7) is 3.95. The number of imidazole rings is 1. The van der Waals surface area contributed by atoms with Gasteiger partial charge in [0.1, 0.15) is 0 Å². The van der Waals surface area contributed by atoms with Crippen molar-refractivity contribution in [2.75, 3.05) is 13.2 Å². The number of aryl methyl sites for hydroxylation is 1. The van der Waals surface area contributed by atoms with E-state index in [9.17, 15) is 18.3 Å². The zero-order valence-electron chi connectivity index (χ0n) is 12.0. The molecule has 0 amide bonds. The molecule has 0 radical (unpaired) electrons. The Labute approximate surface area is 121 Å². The Morgan fingerprint density at radius 2 is 2.14 bits per heavy atom. The van der Waals surface area contributed by atoms with E-state index >= 15 is 0 Å². The average Bonchev–Trinajstić information content (AvgIpc) is 2.85. The van der Waals surface area contributed by atoms with E-state index in [0.29, 0.717) is 12.6 Å². The van der Waals surface area contributed by atoms with E-state index < -0.39 is 18.3 Å². The van der Waals surface area contributed by atoms with Crippen LogP contribution in [0.25, 0.3) is 0 Å². The molecule has 120 valence electrons. The highest BCUT2D eigenvalue weighted by Crippen LogP contribution is 2.31. The molecule has 0 bridgehead atoms. The zero-order valence-corrected chi connectivity index (χ0v) is 12.0. The maximum Gasteiger partial charge on any atom is 0.422 e. The van der Waals surface area contributed by atoms with Gasteiger partial charge in [-0.25, -0.2) is 4.98 Å². The highest BCUT2D eigenvalue weighted by Gasteiger charge is 2.51. The van der Waals surface area contributed by atoms with Gasteiger partial charge in [0, 0.05) is 25.8 Å². The third kappa shape index (κ3) is 4.75. The number of ether oxygens (including phenoxy) is 1. The van der Waals surface area contributed by atoms with Crippen LogP contribution in [0.2, 0.25) is 0 Å². The lowest BCUT2D eigenvalue weighted by molar-refractivity contribution is -0.238. The first-order valence-corrected chi connectivity index (χ1v) is 6.62. The lowest BCUT2D eigenvalue weighted by Gasteiger charge is -2.27. The number of hydrogen-bond donors (Lipinski definition) is 2. The largest absolute Gasteiger partial charge is 0.502 e. The number of alkyl halides is 3. The van der Waals surface area contributed by atoms with Gasteiger partial charge in [-0.05, 0) is 19.9 Å². The van der Waals surface area contributed by atoms with Gasteiger partial charge >= 0.3 is 6.18 Å². The van der Waals surface area contributed by atoms with E-state index in [0.717, 1.165) is 12.0 Å². The van der Waals surface area contributed by atoms with Gasteiger partial charge in [0.25, 0.3) is 0 Å². The Kier molecular flexibility index (Phi) is 6.22. The standard InChI is InChI=1S/C13H20F3N3O2/c1-3-19-10-18-8-11(19)7-17-9-12(20,13(14,15)16)5-6-21-4-2/h5-6,8,10,17,20H,3-4,7,9H2,1-2H3. The van der Waals surface area contributed by atoms with Crippen molar-refractivity contribution in [1.29, 1.82) is 0 Å². The quantitative estimate of drug-likeness (QED) is 0.720. The van der Waals surface area contributed by atoms with Crippen molar-refractivity contribution < 1.29 is 23.0 Å². The molecule has 0 aromatic carbocycles. The minimum absolute atomic E-state index is 0.175. The van der Waals surface area contributed by atoms with Gasteiger partial charge in [0.2, 0.25) is 0 Å². The average molecular weight is 307 g/mol. The molecule has 21 heavy (non-hydrogen) atoms. The summed E-state index contributed by atoms with van der Waals surface area (Å²) in [4.78, 5) is 3.92. The topological polar surface area (TPSA) is 59.3 Å². The normalized spacial score (nSPS) is 15.3. The third-order valence-corrected chi connectivity index (χ3v) is 2.94. The second-order valence-electron chi connectivity index (χ2n) is 4.45. The van der Waals surface area contributed by atoms with E-state index in [1.54, 1.807) is 24.0 Å². The van der Waals surface area contributed by atoms with Gasteiger partial charge in [-0.15, -0.1) is 0 Å². The molecule has 0 spiro atoms. The lowest BCUT2D eigenvalue weighted by Crippen LogP contribution is -2.51. The SMILES string of the molecule is CCOC=CC(O)(CNCc1cncn1CC)C(F)(F)F. The van der Waals surface area contributed by atoms with Crippen LogP contribution in [0.5, 0.6) is 0 Å². The smallest absolute Gasteiger partial charge is 0.422 e. The minimum Gasteiger partial charge on any atom is -0.502 e. The van der Waals surface area contributed by atoms with Gasteiger partial charge in [0.05, 0.1) is 24.9 Å². The molecule has 5 nitrogen and oxygen atoms in total. The maximum atomic E-state index is 12.9. The summed E-state index contributed by atoms with van der Waals surface area (Å²) < 4.78 is 45.3. The van der Waals surface area contributed by atoms with Crippen LogP contribution in [0.15, 0.2) is 24.9 Å². The molecule has 2 N–H and O–H groups in total. The number of halogens is 3. The van der Waals surface area contributed by atoms with Crippen molar-refractivity contribution in [3.05, 3.63) is 30.6 Å². The summed E-state index contributed by atoms with van der Waals surface area (Å²) in [6.07, 6.45) is -0.147. The molecule has 1 aromatic rings. The first kappa shape index (κ1) is 17.5. The summed E-state index contributed by atoms with van der Waals surface area (Å²) in [5.41, 5.74) is -2.23. The Hall–Kier alpha value is -1.54. The van der Waals surface area contributed by atoms with Crippen LogP contribution in [-0.4, -0.2) is 39.6 Å². The lowest BCUT2D eigenvalue weighted by atomic mass is 10.0. The van der Waals surface area contributed by atoms with Crippen LogP contribution in [0.4, 0.5) is 13.2 Å². The van der Waals surface area contributed by atoms with Crippen LogP contribution in [-0.2, 0) is 17.8 Å². The summed E-state index contributed by atoms with van der Waals surface area (Å²) in [7, 11) is 0. The van der Waals surface area contributed by atoms with Crippen LogP contribution in [0.1, 0.15) is 19.5 Å². The number of nitrogens with one attached hydrogen (secondary N) is 1. The van der Waals surface area contributed by atoms with Crippen molar-refractivity contribution >= 4 is 0 Å². The van der Waals surface area contributed by atoms with Gasteiger partial charge in [-0.3, -0.25) is 0 Å². The van der Waals surface area contributed by atoms with Gasteiger partial charge in [-0.1, -0.05) is 0 Å². The van der Waals surface area contributed by atoms with Gasteiger partial charge < -0.3 is 19.7 Å². The van der Waals surface area contributed by atoms with Crippen LogP contribution in [0.3, 0.4) is 0 Å². The predicted molar refractivity (Wildman–Crippen MR) is 71.4 cm³/mol. The van der Waals surface area contributed by atoms with Crippen molar-refractivity contribution in [3.8, 4) is 0 Å². The molecule has 8 heteroatoms. The summed E-state index contributed by atoms with van der Waals surface area (Å²) >= 11 is 0. The molecule has 1 heterocycles. The summed E-state index contributed by atoms with van der Waals surface area (Å²) in [6, 6.07) is 0. The van der Waals surface area contributed by atoms with Gasteiger partial charge in [-0.2, -0.15) is 13.2 Å². The third-order valence-electron chi connectivity index (χ3n) is 2.94. The summed E-state index contributed by atoms with van der Waals surface area (Å²) in [5.74, 6) is 0. The number of aromatic nitrogens is 2. The van der Waals surface area contributed by atoms with Crippen molar-refractivity contribution in [2.24, 2.45) is 0 Å². The van der Waals surface area contributed by atoms with E-state index in [1.165, 1.54) is 0 Å². The van der Waals surface area contributed by atoms with Crippen molar-refractivity contribution in [3.63, 3.8) is 0 Å². The summed E-state index contributed by atoms with van der Waals surface area (Å²) in [5, 5.41) is 12.4. The number of rotatable bonds is 8. The Balaban J connectivity index is 2.66. The highest BCUT2D eigenvalue weighted by molar-refractivity contribution is 5.06. The molecule has 1 rings (SSSR count). The van der Waals surface area contributed by atoms with E-state index in [1.807, 2.05) is 6.92 Å². The van der Waals surface area contributed by atoms with Crippen LogP contribution >= 0.6 is 0 Å². The molecule has 0 aliphatic carbocycles. The maximum absolute atomic E-state index is 12.9. The van der Waals surface area contributed by atoms with Crippen LogP contribution in [0, 0.1) is 0 Å². The highest BCUT2D eigenvalue weighted by atomic mass is 19.4. The Morgan fingerprint density at radius 1 is 1.43 bits per heavy atom. The fourth-order valence-electron chi connectivity index (χ4n) is 1.67. The predicted octanol–water partition coefficient (Wildman–Crippen LogP) is 1.84. The molecular weight excluding hydrogens is 287 g/mol. The monoisotopic (exact) mass is 307 g/mol.